The maximum absolute atomic E-state index is 1.56. The molecule has 2 fully saturated rings. The zero-order valence-electron chi connectivity index (χ0n) is 12.3. The van der Waals surface area contributed by atoms with Gasteiger partial charge in [0.15, 0.2) is 0 Å². The summed E-state index contributed by atoms with van der Waals surface area (Å²) in [6.45, 7) is 0. The molecule has 18 heavy (non-hydrogen) atoms. The molecule has 0 nitrogen and oxygen atoms in total. The van der Waals surface area contributed by atoms with E-state index in [1.807, 2.05) is 0 Å². The van der Waals surface area contributed by atoms with Crippen molar-refractivity contribution in [3.8, 4) is 0 Å². The molecule has 0 aromatic rings. The van der Waals surface area contributed by atoms with Crippen LogP contribution in [0.25, 0.3) is 0 Å². The highest BCUT2D eigenvalue weighted by atomic mass is 31.1. The summed E-state index contributed by atoms with van der Waals surface area (Å²) in [5.74, 6) is 0. The Morgan fingerprint density at radius 3 is 1.06 bits per heavy atom. The first-order valence-corrected chi connectivity index (χ1v) is 9.87. The highest BCUT2D eigenvalue weighted by molar-refractivity contribution is 7.39. The minimum absolute atomic E-state index is 1.12. The standard InChI is InChI=1S/C17H33P/c1-2-4-6-9-13-16(12-8-5-3-1)18-17-14-10-7-11-15-17/h16-18H,1-15H2. The van der Waals surface area contributed by atoms with E-state index in [4.69, 9.17) is 0 Å². The first-order valence-electron chi connectivity index (χ1n) is 8.71. The van der Waals surface area contributed by atoms with Gasteiger partial charge in [-0.05, 0) is 37.0 Å². The van der Waals surface area contributed by atoms with E-state index in [1.54, 1.807) is 25.7 Å². The second kappa shape index (κ2) is 9.35. The zero-order valence-corrected chi connectivity index (χ0v) is 13.3. The molecule has 0 aromatic heterocycles. The van der Waals surface area contributed by atoms with Gasteiger partial charge < -0.3 is 0 Å². The molecular weight excluding hydrogens is 235 g/mol. The molecule has 2 saturated carbocycles. The van der Waals surface area contributed by atoms with Crippen molar-refractivity contribution in [3.05, 3.63) is 0 Å². The van der Waals surface area contributed by atoms with Gasteiger partial charge >= 0.3 is 0 Å². The summed E-state index contributed by atoms with van der Waals surface area (Å²) in [4.78, 5) is 0. The predicted octanol–water partition coefficient (Wildman–Crippen LogP) is 6.28. The van der Waals surface area contributed by atoms with Crippen LogP contribution < -0.4 is 0 Å². The Morgan fingerprint density at radius 1 is 0.389 bits per heavy atom. The Hall–Kier alpha value is 0.430. The lowest BCUT2D eigenvalue weighted by molar-refractivity contribution is 0.507. The van der Waals surface area contributed by atoms with E-state index in [0.29, 0.717) is 0 Å². The van der Waals surface area contributed by atoms with Crippen molar-refractivity contribution >= 4 is 8.58 Å². The third kappa shape index (κ3) is 6.05. The maximum atomic E-state index is 1.56. The first-order chi connectivity index (χ1) is 8.95. The van der Waals surface area contributed by atoms with Gasteiger partial charge in [-0.3, -0.25) is 0 Å². The minimum Gasteiger partial charge on any atom is -0.116 e. The molecule has 0 aliphatic heterocycles. The molecule has 1 unspecified atom stereocenters. The van der Waals surface area contributed by atoms with Crippen LogP contribution in [-0.4, -0.2) is 11.3 Å². The predicted molar refractivity (Wildman–Crippen MR) is 85.1 cm³/mol. The molecule has 0 saturated heterocycles. The second-order valence-electron chi connectivity index (χ2n) is 6.60. The highest BCUT2D eigenvalue weighted by Gasteiger charge is 2.18. The summed E-state index contributed by atoms with van der Waals surface area (Å²) in [6.07, 6.45) is 23.0. The van der Waals surface area contributed by atoms with E-state index in [1.165, 1.54) is 79.2 Å². The number of rotatable bonds is 2. The van der Waals surface area contributed by atoms with Crippen LogP contribution in [0.15, 0.2) is 0 Å². The van der Waals surface area contributed by atoms with Crippen molar-refractivity contribution < 1.29 is 0 Å². The van der Waals surface area contributed by atoms with Crippen LogP contribution >= 0.6 is 8.58 Å². The van der Waals surface area contributed by atoms with Crippen LogP contribution in [0.4, 0.5) is 0 Å². The van der Waals surface area contributed by atoms with Gasteiger partial charge in [-0.1, -0.05) is 70.6 Å². The SMILES string of the molecule is C1CCCCCC(PC2CCCCC2)CCCC1. The molecule has 0 aromatic carbocycles. The second-order valence-corrected chi connectivity index (χ2v) is 8.57. The molecule has 0 bridgehead atoms. The Balaban J connectivity index is 1.71. The van der Waals surface area contributed by atoms with Crippen molar-refractivity contribution in [2.45, 2.75) is 108 Å². The van der Waals surface area contributed by atoms with Crippen LogP contribution in [0.5, 0.6) is 0 Å². The molecule has 106 valence electrons. The lowest BCUT2D eigenvalue weighted by atomic mass is 10.0. The topological polar surface area (TPSA) is 0 Å². The summed E-state index contributed by atoms with van der Waals surface area (Å²) in [5, 5.41) is 0. The Morgan fingerprint density at radius 2 is 0.667 bits per heavy atom. The first kappa shape index (κ1) is 14.8. The molecule has 1 atom stereocenters. The van der Waals surface area contributed by atoms with E-state index in [0.717, 1.165) is 11.3 Å². The average Bonchev–Trinajstić information content (AvgIpc) is 2.46. The summed E-state index contributed by atoms with van der Waals surface area (Å²) in [7, 11) is 1.32. The van der Waals surface area contributed by atoms with Crippen molar-refractivity contribution in [1.82, 2.24) is 0 Å². The lowest BCUT2D eigenvalue weighted by Crippen LogP contribution is -2.12. The van der Waals surface area contributed by atoms with Gasteiger partial charge in [-0.25, -0.2) is 0 Å². The largest absolute Gasteiger partial charge is 0.116 e. The quantitative estimate of drug-likeness (QED) is 0.517. The van der Waals surface area contributed by atoms with Crippen molar-refractivity contribution in [1.29, 1.82) is 0 Å². The summed E-state index contributed by atoms with van der Waals surface area (Å²) < 4.78 is 0. The summed E-state index contributed by atoms with van der Waals surface area (Å²) in [5.41, 5.74) is 2.25. The van der Waals surface area contributed by atoms with Gasteiger partial charge in [-0.15, -0.1) is 8.58 Å². The van der Waals surface area contributed by atoms with Crippen LogP contribution in [0.1, 0.15) is 96.3 Å². The van der Waals surface area contributed by atoms with E-state index in [2.05, 4.69) is 0 Å². The fourth-order valence-corrected chi connectivity index (χ4v) is 5.91. The molecule has 0 spiro atoms. The number of hydrogen-bond acceptors (Lipinski definition) is 0. The molecule has 0 amide bonds. The Kier molecular flexibility index (Phi) is 7.71. The van der Waals surface area contributed by atoms with Crippen LogP contribution in [0, 0.1) is 0 Å². The van der Waals surface area contributed by atoms with Gasteiger partial charge in [0.2, 0.25) is 0 Å². The Bertz CT molecular complexity index is 184. The highest BCUT2D eigenvalue weighted by Crippen LogP contribution is 2.40. The molecule has 2 aliphatic rings. The zero-order chi connectivity index (χ0) is 12.5. The third-order valence-electron chi connectivity index (χ3n) is 4.93. The van der Waals surface area contributed by atoms with Gasteiger partial charge in [0.25, 0.3) is 0 Å². The molecule has 1 heteroatoms. The van der Waals surface area contributed by atoms with Gasteiger partial charge in [0.05, 0.1) is 0 Å². The Labute approximate surface area is 116 Å². The van der Waals surface area contributed by atoms with Gasteiger partial charge in [0.1, 0.15) is 0 Å². The van der Waals surface area contributed by atoms with Crippen molar-refractivity contribution in [2.24, 2.45) is 0 Å². The fraction of sp³-hybridized carbons (Fsp3) is 1.00. The number of hydrogen-bond donors (Lipinski definition) is 0. The summed E-state index contributed by atoms with van der Waals surface area (Å²) >= 11 is 0. The summed E-state index contributed by atoms with van der Waals surface area (Å²) in [6, 6.07) is 0. The van der Waals surface area contributed by atoms with Crippen molar-refractivity contribution in [2.75, 3.05) is 0 Å². The van der Waals surface area contributed by atoms with E-state index < -0.39 is 0 Å². The molecule has 2 rings (SSSR count). The van der Waals surface area contributed by atoms with Crippen LogP contribution in [-0.2, 0) is 0 Å². The molecular formula is C17H33P. The molecule has 0 heterocycles. The maximum Gasteiger partial charge on any atom is -0.0234 e. The van der Waals surface area contributed by atoms with Crippen molar-refractivity contribution in [3.63, 3.8) is 0 Å². The van der Waals surface area contributed by atoms with E-state index in [-0.39, 0.29) is 0 Å². The van der Waals surface area contributed by atoms with Gasteiger partial charge in [-0.2, -0.15) is 0 Å². The van der Waals surface area contributed by atoms with Crippen LogP contribution in [0.2, 0.25) is 0 Å². The fourth-order valence-electron chi connectivity index (χ4n) is 3.76. The average molecular weight is 268 g/mol. The molecule has 0 N–H and O–H groups in total. The molecule has 0 radical (unpaired) electrons. The lowest BCUT2D eigenvalue weighted by Gasteiger charge is -2.27. The smallest absolute Gasteiger partial charge is 0.0234 e. The van der Waals surface area contributed by atoms with E-state index in [9.17, 15) is 0 Å². The minimum atomic E-state index is 1.12. The van der Waals surface area contributed by atoms with E-state index >= 15 is 0 Å². The van der Waals surface area contributed by atoms with Crippen LogP contribution in [0.3, 0.4) is 0 Å². The molecule has 2 aliphatic carbocycles. The van der Waals surface area contributed by atoms with Gasteiger partial charge in [0, 0.05) is 0 Å². The normalized spacial score (nSPS) is 27.3. The monoisotopic (exact) mass is 268 g/mol. The third-order valence-corrected chi connectivity index (χ3v) is 7.03.